The summed E-state index contributed by atoms with van der Waals surface area (Å²) in [5.74, 6) is 0.632. The zero-order valence-corrected chi connectivity index (χ0v) is 22.5. The molecule has 0 amide bonds. The average molecular weight is 506 g/mol. The van der Waals surface area contributed by atoms with Gasteiger partial charge in [0.25, 0.3) is 0 Å². The highest BCUT2D eigenvalue weighted by molar-refractivity contribution is 5.75. The Hall–Kier alpha value is -3.35. The average Bonchev–Trinajstić information content (AvgIpc) is 2.87. The van der Waals surface area contributed by atoms with Crippen LogP contribution in [0.1, 0.15) is 44.4 Å². The molecule has 0 aromatic heterocycles. The minimum Gasteiger partial charge on any atom is -0.493 e. The van der Waals surface area contributed by atoms with Crippen molar-refractivity contribution in [3.8, 4) is 11.5 Å². The molecule has 0 aliphatic heterocycles. The van der Waals surface area contributed by atoms with E-state index in [-0.39, 0.29) is 0 Å². The first kappa shape index (κ1) is 28.2. The van der Waals surface area contributed by atoms with E-state index < -0.39 is 23.7 Å². The number of rotatable bonds is 12. The molecule has 1 N–H and O–H groups in total. The first-order valence-corrected chi connectivity index (χ1v) is 12.7. The lowest BCUT2D eigenvalue weighted by atomic mass is 9.97. The fourth-order valence-corrected chi connectivity index (χ4v) is 4.24. The van der Waals surface area contributed by atoms with E-state index in [4.69, 9.17) is 14.2 Å². The summed E-state index contributed by atoms with van der Waals surface area (Å²) in [6, 6.07) is 25.3. The number of esters is 1. The molecule has 198 valence electrons. The minimum atomic E-state index is -1.36. The standard InChI is InChI=1S/C31H39NO5/c1-6-36-27-18-17-25(20-28(27)35-5)19-26(29(33)30(34)37-31(2,3)4)32(21-23-13-9-7-10-14-23)22-24-15-11-8-12-16-24/h7-18,20,26,29,33H,6,19,21-22H2,1-5H3. The van der Waals surface area contributed by atoms with Crippen molar-refractivity contribution in [3.63, 3.8) is 0 Å². The summed E-state index contributed by atoms with van der Waals surface area (Å²) in [7, 11) is 1.60. The summed E-state index contributed by atoms with van der Waals surface area (Å²) in [4.78, 5) is 15.3. The predicted molar refractivity (Wildman–Crippen MR) is 146 cm³/mol. The number of benzene rings is 3. The minimum absolute atomic E-state index is 0.406. The molecule has 2 atom stereocenters. The molecular weight excluding hydrogens is 466 g/mol. The normalized spacial score (nSPS) is 13.2. The van der Waals surface area contributed by atoms with Crippen LogP contribution in [-0.4, -0.2) is 47.4 Å². The van der Waals surface area contributed by atoms with Crippen molar-refractivity contribution in [1.82, 2.24) is 4.90 Å². The number of hydrogen-bond acceptors (Lipinski definition) is 6. The number of methoxy groups -OCH3 is 1. The van der Waals surface area contributed by atoms with E-state index in [0.29, 0.717) is 37.6 Å². The lowest BCUT2D eigenvalue weighted by molar-refractivity contribution is -0.169. The molecule has 6 heteroatoms. The summed E-state index contributed by atoms with van der Waals surface area (Å²) in [5, 5.41) is 11.4. The second-order valence-electron chi connectivity index (χ2n) is 10.0. The second-order valence-corrected chi connectivity index (χ2v) is 10.0. The monoisotopic (exact) mass is 505 g/mol. The number of carbonyl (C=O) groups excluding carboxylic acids is 1. The molecule has 3 aromatic rings. The Kier molecular flexibility index (Phi) is 10.1. The summed E-state index contributed by atoms with van der Waals surface area (Å²) >= 11 is 0. The van der Waals surface area contributed by atoms with Crippen LogP contribution in [-0.2, 0) is 29.0 Å². The van der Waals surface area contributed by atoms with Crippen molar-refractivity contribution in [1.29, 1.82) is 0 Å². The van der Waals surface area contributed by atoms with E-state index in [1.165, 1.54) is 0 Å². The Morgan fingerprint density at radius 3 is 1.92 bits per heavy atom. The summed E-state index contributed by atoms with van der Waals surface area (Å²) in [6.07, 6.45) is -0.952. The Labute approximate surface area is 220 Å². The molecule has 0 bridgehead atoms. The number of carbonyl (C=O) groups is 1. The van der Waals surface area contributed by atoms with Gasteiger partial charge >= 0.3 is 5.97 Å². The van der Waals surface area contributed by atoms with Crippen molar-refractivity contribution in [2.45, 2.75) is 65.0 Å². The molecular formula is C31H39NO5. The highest BCUT2D eigenvalue weighted by atomic mass is 16.6. The third kappa shape index (κ3) is 8.62. The van der Waals surface area contributed by atoms with Gasteiger partial charge in [-0.25, -0.2) is 4.79 Å². The van der Waals surface area contributed by atoms with Gasteiger partial charge in [-0.2, -0.15) is 0 Å². The SMILES string of the molecule is CCOc1ccc(CC(C(O)C(=O)OC(C)(C)C)N(Cc2ccccc2)Cc2ccccc2)cc1OC. The van der Waals surface area contributed by atoms with E-state index in [1.54, 1.807) is 27.9 Å². The van der Waals surface area contributed by atoms with E-state index >= 15 is 0 Å². The van der Waals surface area contributed by atoms with Crippen LogP contribution >= 0.6 is 0 Å². The molecule has 3 aromatic carbocycles. The van der Waals surface area contributed by atoms with E-state index in [2.05, 4.69) is 29.2 Å². The zero-order valence-electron chi connectivity index (χ0n) is 22.5. The maximum atomic E-state index is 13.1. The second kappa shape index (κ2) is 13.3. The molecule has 0 saturated carbocycles. The van der Waals surface area contributed by atoms with Gasteiger partial charge < -0.3 is 19.3 Å². The Morgan fingerprint density at radius 2 is 1.43 bits per heavy atom. The van der Waals surface area contributed by atoms with Gasteiger partial charge in [-0.3, -0.25) is 4.90 Å². The maximum Gasteiger partial charge on any atom is 0.337 e. The summed E-state index contributed by atoms with van der Waals surface area (Å²) < 4.78 is 16.8. The van der Waals surface area contributed by atoms with Crippen LogP contribution in [0.3, 0.4) is 0 Å². The van der Waals surface area contributed by atoms with Gasteiger partial charge in [0.15, 0.2) is 17.6 Å². The Morgan fingerprint density at radius 1 is 0.865 bits per heavy atom. The molecule has 0 aliphatic carbocycles. The lowest BCUT2D eigenvalue weighted by Gasteiger charge is -2.35. The Balaban J connectivity index is 2.01. The fraction of sp³-hybridized carbons (Fsp3) is 0.387. The first-order valence-electron chi connectivity index (χ1n) is 12.7. The van der Waals surface area contributed by atoms with Crippen molar-refractivity contribution in [2.75, 3.05) is 13.7 Å². The number of nitrogens with zero attached hydrogens (tertiary/aromatic N) is 1. The summed E-state index contributed by atoms with van der Waals surface area (Å²) in [6.45, 7) is 8.95. The van der Waals surface area contributed by atoms with E-state index in [0.717, 1.165) is 16.7 Å². The predicted octanol–water partition coefficient (Wildman–Crippen LogP) is 5.41. The quantitative estimate of drug-likeness (QED) is 0.332. The Bertz CT molecular complexity index is 1070. The van der Waals surface area contributed by atoms with Gasteiger partial charge in [0.05, 0.1) is 19.8 Å². The van der Waals surface area contributed by atoms with Crippen LogP contribution in [0.15, 0.2) is 78.9 Å². The van der Waals surface area contributed by atoms with Crippen LogP contribution < -0.4 is 9.47 Å². The molecule has 0 aliphatic rings. The van der Waals surface area contributed by atoms with Crippen LogP contribution in [0.25, 0.3) is 0 Å². The molecule has 0 fully saturated rings. The number of hydrogen-bond donors (Lipinski definition) is 1. The molecule has 37 heavy (non-hydrogen) atoms. The van der Waals surface area contributed by atoms with E-state index in [1.807, 2.05) is 61.5 Å². The van der Waals surface area contributed by atoms with Gasteiger partial charge in [0, 0.05) is 13.1 Å². The third-order valence-electron chi connectivity index (χ3n) is 5.91. The van der Waals surface area contributed by atoms with E-state index in [9.17, 15) is 9.90 Å². The molecule has 3 rings (SSSR count). The molecule has 6 nitrogen and oxygen atoms in total. The smallest absolute Gasteiger partial charge is 0.337 e. The van der Waals surface area contributed by atoms with Gasteiger partial charge in [0.1, 0.15) is 5.60 Å². The number of aliphatic hydroxyl groups excluding tert-OH is 1. The number of ether oxygens (including phenoxy) is 3. The number of aliphatic hydroxyl groups is 1. The molecule has 0 saturated heterocycles. The highest BCUT2D eigenvalue weighted by Gasteiger charge is 2.35. The van der Waals surface area contributed by atoms with Crippen molar-refractivity contribution in [2.24, 2.45) is 0 Å². The summed E-state index contributed by atoms with van der Waals surface area (Å²) in [5.41, 5.74) is 2.38. The van der Waals surface area contributed by atoms with Gasteiger partial charge in [-0.15, -0.1) is 0 Å². The third-order valence-corrected chi connectivity index (χ3v) is 5.91. The fourth-order valence-electron chi connectivity index (χ4n) is 4.24. The topological polar surface area (TPSA) is 68.2 Å². The van der Waals surface area contributed by atoms with Gasteiger partial charge in [-0.1, -0.05) is 66.7 Å². The highest BCUT2D eigenvalue weighted by Crippen LogP contribution is 2.30. The van der Waals surface area contributed by atoms with Crippen LogP contribution in [0.4, 0.5) is 0 Å². The van der Waals surface area contributed by atoms with Crippen LogP contribution in [0.5, 0.6) is 11.5 Å². The van der Waals surface area contributed by atoms with Crippen molar-refractivity contribution in [3.05, 3.63) is 95.6 Å². The molecule has 2 unspecified atom stereocenters. The van der Waals surface area contributed by atoms with Crippen LogP contribution in [0.2, 0.25) is 0 Å². The largest absolute Gasteiger partial charge is 0.493 e. The lowest BCUT2D eigenvalue weighted by Crippen LogP contribution is -2.49. The molecule has 0 heterocycles. The maximum absolute atomic E-state index is 13.1. The van der Waals surface area contributed by atoms with Crippen molar-refractivity contribution < 1.29 is 24.1 Å². The molecule has 0 spiro atoms. The zero-order chi connectivity index (χ0) is 26.8. The first-order chi connectivity index (χ1) is 17.7. The molecule has 0 radical (unpaired) electrons. The van der Waals surface area contributed by atoms with Gasteiger partial charge in [-0.05, 0) is 62.9 Å². The van der Waals surface area contributed by atoms with Crippen LogP contribution in [0, 0.1) is 0 Å². The van der Waals surface area contributed by atoms with Gasteiger partial charge in [0.2, 0.25) is 0 Å². The van der Waals surface area contributed by atoms with Crippen molar-refractivity contribution >= 4 is 5.97 Å².